The van der Waals surface area contributed by atoms with Crippen LogP contribution >= 0.6 is 0 Å². The third-order valence-corrected chi connectivity index (χ3v) is 3.62. The van der Waals surface area contributed by atoms with Gasteiger partial charge in [-0.15, -0.1) is 5.10 Å². The number of nitrogens with one attached hydrogen (secondary N) is 2. The number of amides is 2. The number of carbonyl (C=O) groups is 2. The van der Waals surface area contributed by atoms with Crippen molar-refractivity contribution in [1.82, 2.24) is 20.3 Å². The van der Waals surface area contributed by atoms with Gasteiger partial charge in [-0.05, 0) is 24.8 Å². The minimum atomic E-state index is -0.133. The van der Waals surface area contributed by atoms with Crippen molar-refractivity contribution in [2.75, 3.05) is 11.9 Å². The maximum absolute atomic E-state index is 11.9. The highest BCUT2D eigenvalue weighted by atomic mass is 16.2. The summed E-state index contributed by atoms with van der Waals surface area (Å²) in [5.41, 5.74) is 1.18. The topological polar surface area (TPSA) is 88.9 Å². The fourth-order valence-corrected chi connectivity index (χ4v) is 2.20. The summed E-state index contributed by atoms with van der Waals surface area (Å²) >= 11 is 0. The summed E-state index contributed by atoms with van der Waals surface area (Å²) in [7, 11) is 0. The summed E-state index contributed by atoms with van der Waals surface area (Å²) < 4.78 is 1.42. The summed E-state index contributed by atoms with van der Waals surface area (Å²) in [6.07, 6.45) is 4.22. The monoisotopic (exact) mass is 313 g/mol. The number of anilines is 1. The van der Waals surface area contributed by atoms with Crippen molar-refractivity contribution >= 4 is 17.6 Å². The molecule has 1 fully saturated rings. The Morgan fingerprint density at radius 1 is 1.22 bits per heavy atom. The van der Waals surface area contributed by atoms with E-state index in [9.17, 15) is 9.59 Å². The molecule has 7 nitrogen and oxygen atoms in total. The third-order valence-electron chi connectivity index (χ3n) is 3.62. The van der Waals surface area contributed by atoms with Gasteiger partial charge in [0.2, 0.25) is 11.8 Å². The van der Waals surface area contributed by atoms with E-state index in [-0.39, 0.29) is 24.3 Å². The van der Waals surface area contributed by atoms with Gasteiger partial charge in [0.05, 0.1) is 6.20 Å². The molecule has 1 aromatic carbocycles. The summed E-state index contributed by atoms with van der Waals surface area (Å²) in [6.45, 7) is 0.657. The zero-order valence-corrected chi connectivity index (χ0v) is 12.7. The van der Waals surface area contributed by atoms with E-state index in [1.807, 2.05) is 30.3 Å². The molecule has 1 aliphatic rings. The van der Waals surface area contributed by atoms with Gasteiger partial charge in [0, 0.05) is 12.5 Å². The lowest BCUT2D eigenvalue weighted by Gasteiger charge is -2.05. The van der Waals surface area contributed by atoms with E-state index < -0.39 is 0 Å². The van der Waals surface area contributed by atoms with Crippen LogP contribution in [0.1, 0.15) is 18.4 Å². The highest BCUT2D eigenvalue weighted by Gasteiger charge is 2.30. The van der Waals surface area contributed by atoms with Crippen LogP contribution in [0.25, 0.3) is 0 Å². The van der Waals surface area contributed by atoms with Crippen LogP contribution in [0, 0.1) is 5.92 Å². The Kier molecular flexibility index (Phi) is 4.65. The summed E-state index contributed by atoms with van der Waals surface area (Å²) in [5.74, 6) is 0.343. The normalized spacial score (nSPS) is 13.6. The zero-order valence-electron chi connectivity index (χ0n) is 12.7. The van der Waals surface area contributed by atoms with E-state index in [1.54, 1.807) is 6.20 Å². The lowest BCUT2D eigenvalue weighted by molar-refractivity contribution is -0.121. The van der Waals surface area contributed by atoms with Crippen LogP contribution in [0.4, 0.5) is 5.82 Å². The Morgan fingerprint density at radius 2 is 2.00 bits per heavy atom. The molecule has 120 valence electrons. The molecule has 7 heteroatoms. The molecule has 2 aromatic rings. The average molecular weight is 313 g/mol. The molecule has 1 heterocycles. The molecule has 23 heavy (non-hydrogen) atoms. The van der Waals surface area contributed by atoms with Crippen molar-refractivity contribution in [2.24, 2.45) is 5.92 Å². The molecule has 2 N–H and O–H groups in total. The van der Waals surface area contributed by atoms with Crippen LogP contribution in [0.15, 0.2) is 36.5 Å². The Labute approximate surface area is 134 Å². The maximum Gasteiger partial charge on any atom is 0.241 e. The standard InChI is InChI=1S/C16H19N5O2/c22-15(17-9-8-12-4-2-1-3-5-12)11-21-10-14(19-20-21)18-16(23)13-6-7-13/h1-5,10,13H,6-9,11H2,(H,17,22)(H,18,23). The minimum absolute atomic E-state index is 0.0237. The fraction of sp³-hybridized carbons (Fsp3) is 0.375. The lowest BCUT2D eigenvalue weighted by atomic mass is 10.1. The number of nitrogens with zero attached hydrogens (tertiary/aromatic N) is 3. The Bertz CT molecular complexity index is 679. The van der Waals surface area contributed by atoms with Crippen LogP contribution in [-0.2, 0) is 22.6 Å². The molecule has 0 saturated heterocycles. The number of hydrogen-bond donors (Lipinski definition) is 2. The Morgan fingerprint density at radius 3 is 2.74 bits per heavy atom. The van der Waals surface area contributed by atoms with Crippen LogP contribution in [0.5, 0.6) is 0 Å². The van der Waals surface area contributed by atoms with Crippen LogP contribution in [-0.4, -0.2) is 33.4 Å². The van der Waals surface area contributed by atoms with Gasteiger partial charge in [-0.1, -0.05) is 35.5 Å². The van der Waals surface area contributed by atoms with Gasteiger partial charge >= 0.3 is 0 Å². The number of aromatic nitrogens is 3. The first-order chi connectivity index (χ1) is 11.2. The van der Waals surface area contributed by atoms with E-state index >= 15 is 0 Å². The molecular formula is C16H19N5O2. The van der Waals surface area contributed by atoms with Crippen molar-refractivity contribution in [3.05, 3.63) is 42.1 Å². The van der Waals surface area contributed by atoms with E-state index in [0.29, 0.717) is 12.4 Å². The molecule has 0 atom stereocenters. The molecule has 0 bridgehead atoms. The van der Waals surface area contributed by atoms with Crippen molar-refractivity contribution in [2.45, 2.75) is 25.8 Å². The van der Waals surface area contributed by atoms with Crippen molar-refractivity contribution < 1.29 is 9.59 Å². The van der Waals surface area contributed by atoms with Crippen molar-refractivity contribution in [3.8, 4) is 0 Å². The highest BCUT2D eigenvalue weighted by Crippen LogP contribution is 2.29. The first-order valence-corrected chi connectivity index (χ1v) is 7.72. The second-order valence-corrected chi connectivity index (χ2v) is 5.65. The predicted molar refractivity (Wildman–Crippen MR) is 84.5 cm³/mol. The molecule has 0 unspecified atom stereocenters. The number of hydrogen-bond acceptors (Lipinski definition) is 4. The van der Waals surface area contributed by atoms with Crippen LogP contribution in [0.3, 0.4) is 0 Å². The second kappa shape index (κ2) is 7.04. The van der Waals surface area contributed by atoms with Gasteiger partial charge in [-0.3, -0.25) is 9.59 Å². The van der Waals surface area contributed by atoms with E-state index in [2.05, 4.69) is 20.9 Å². The van der Waals surface area contributed by atoms with Crippen molar-refractivity contribution in [1.29, 1.82) is 0 Å². The minimum Gasteiger partial charge on any atom is -0.354 e. The van der Waals surface area contributed by atoms with E-state index in [1.165, 1.54) is 10.2 Å². The largest absolute Gasteiger partial charge is 0.354 e. The molecule has 1 aromatic heterocycles. The molecular weight excluding hydrogens is 294 g/mol. The second-order valence-electron chi connectivity index (χ2n) is 5.65. The molecule has 0 aliphatic heterocycles. The quantitative estimate of drug-likeness (QED) is 0.797. The average Bonchev–Trinajstić information content (AvgIpc) is 3.31. The maximum atomic E-state index is 11.9. The molecule has 2 amide bonds. The first kappa shape index (κ1) is 15.2. The van der Waals surface area contributed by atoms with Crippen molar-refractivity contribution in [3.63, 3.8) is 0 Å². The predicted octanol–water partition coefficient (Wildman–Crippen LogP) is 0.985. The highest BCUT2D eigenvalue weighted by molar-refractivity contribution is 5.93. The molecule has 1 saturated carbocycles. The summed E-state index contributed by atoms with van der Waals surface area (Å²) in [5, 5.41) is 13.2. The van der Waals surface area contributed by atoms with Gasteiger partial charge in [0.25, 0.3) is 0 Å². The molecule has 0 spiro atoms. The number of rotatable bonds is 7. The fourth-order valence-electron chi connectivity index (χ4n) is 2.20. The van der Waals surface area contributed by atoms with Gasteiger partial charge in [-0.2, -0.15) is 0 Å². The van der Waals surface area contributed by atoms with Gasteiger partial charge in [-0.25, -0.2) is 4.68 Å². The third kappa shape index (κ3) is 4.64. The SMILES string of the molecule is O=C(Cn1cc(NC(=O)C2CC2)nn1)NCCc1ccccc1. The molecule has 3 rings (SSSR count). The van der Waals surface area contributed by atoms with E-state index in [0.717, 1.165) is 19.3 Å². The molecule has 1 aliphatic carbocycles. The Hall–Kier alpha value is -2.70. The molecule has 0 radical (unpaired) electrons. The first-order valence-electron chi connectivity index (χ1n) is 7.72. The summed E-state index contributed by atoms with van der Waals surface area (Å²) in [4.78, 5) is 23.5. The van der Waals surface area contributed by atoms with E-state index in [4.69, 9.17) is 0 Å². The van der Waals surface area contributed by atoms with Gasteiger partial charge in [0.1, 0.15) is 6.54 Å². The number of carbonyl (C=O) groups excluding carboxylic acids is 2. The lowest BCUT2D eigenvalue weighted by Crippen LogP contribution is -2.29. The van der Waals surface area contributed by atoms with Crippen LogP contribution in [0.2, 0.25) is 0 Å². The smallest absolute Gasteiger partial charge is 0.241 e. The van der Waals surface area contributed by atoms with Gasteiger partial charge < -0.3 is 10.6 Å². The van der Waals surface area contributed by atoms with Crippen LogP contribution < -0.4 is 10.6 Å². The number of benzene rings is 1. The zero-order chi connectivity index (χ0) is 16.1. The van der Waals surface area contributed by atoms with Gasteiger partial charge in [0.15, 0.2) is 5.82 Å². The Balaban J connectivity index is 1.41. The summed E-state index contributed by atoms with van der Waals surface area (Å²) in [6, 6.07) is 9.97.